The van der Waals surface area contributed by atoms with Gasteiger partial charge in [-0.25, -0.2) is 0 Å². The average molecular weight is 285 g/mol. The highest BCUT2D eigenvalue weighted by Gasteiger charge is 2.10. The van der Waals surface area contributed by atoms with Crippen LogP contribution in [-0.4, -0.2) is 31.1 Å². The van der Waals surface area contributed by atoms with Gasteiger partial charge in [-0.1, -0.05) is 15.9 Å². The Morgan fingerprint density at radius 1 is 1.25 bits per heavy atom. The Balaban J connectivity index is 1.80. The van der Waals surface area contributed by atoms with Gasteiger partial charge in [0, 0.05) is 22.8 Å². The second-order valence-electron chi connectivity index (χ2n) is 4.12. The van der Waals surface area contributed by atoms with Crippen molar-refractivity contribution >= 4 is 21.6 Å². The molecule has 3 nitrogen and oxygen atoms in total. The number of hydrogen-bond acceptors (Lipinski definition) is 3. The molecule has 0 radical (unpaired) electrons. The molecule has 1 aromatic carbocycles. The topological polar surface area (TPSA) is 38.5 Å². The van der Waals surface area contributed by atoms with E-state index < -0.39 is 0 Å². The molecular weight excluding hydrogens is 268 g/mol. The minimum Gasteiger partial charge on any atom is -0.492 e. The van der Waals surface area contributed by atoms with Crippen LogP contribution in [0.25, 0.3) is 0 Å². The highest BCUT2D eigenvalue weighted by molar-refractivity contribution is 9.10. The summed E-state index contributed by atoms with van der Waals surface area (Å²) in [5.74, 6) is 0.839. The van der Waals surface area contributed by atoms with Crippen molar-refractivity contribution in [3.05, 3.63) is 22.7 Å². The second-order valence-corrected chi connectivity index (χ2v) is 5.03. The molecule has 0 saturated carbocycles. The van der Waals surface area contributed by atoms with Gasteiger partial charge in [0.2, 0.25) is 0 Å². The Labute approximate surface area is 105 Å². The van der Waals surface area contributed by atoms with Crippen LogP contribution in [-0.2, 0) is 0 Å². The largest absolute Gasteiger partial charge is 0.492 e. The molecule has 0 bridgehead atoms. The molecule has 2 rings (SSSR count). The maximum Gasteiger partial charge on any atom is 0.122 e. The fraction of sp³-hybridized carbons (Fsp3) is 0.500. The van der Waals surface area contributed by atoms with Crippen molar-refractivity contribution in [1.29, 1.82) is 0 Å². The number of ether oxygens (including phenoxy) is 1. The maximum absolute atomic E-state index is 5.73. The van der Waals surface area contributed by atoms with Gasteiger partial charge >= 0.3 is 0 Å². The van der Waals surface area contributed by atoms with Gasteiger partial charge in [0.1, 0.15) is 12.4 Å². The molecule has 0 aromatic heterocycles. The summed E-state index contributed by atoms with van der Waals surface area (Å²) in [6.07, 6.45) is 2.65. The monoisotopic (exact) mass is 284 g/mol. The molecule has 2 N–H and O–H groups in total. The third kappa shape index (κ3) is 3.39. The summed E-state index contributed by atoms with van der Waals surface area (Å²) in [6.45, 7) is 4.16. The van der Waals surface area contributed by atoms with Gasteiger partial charge in [0.25, 0.3) is 0 Å². The van der Waals surface area contributed by atoms with Gasteiger partial charge < -0.3 is 10.5 Å². The van der Waals surface area contributed by atoms with E-state index in [1.165, 1.54) is 25.9 Å². The molecule has 1 aliphatic heterocycles. The first-order valence-corrected chi connectivity index (χ1v) is 6.44. The first-order valence-electron chi connectivity index (χ1n) is 5.65. The summed E-state index contributed by atoms with van der Waals surface area (Å²) < 4.78 is 6.64. The fourth-order valence-electron chi connectivity index (χ4n) is 1.97. The summed E-state index contributed by atoms with van der Waals surface area (Å²) in [7, 11) is 0. The van der Waals surface area contributed by atoms with E-state index in [0.717, 1.165) is 29.1 Å². The molecule has 0 aliphatic carbocycles. The van der Waals surface area contributed by atoms with E-state index in [-0.39, 0.29) is 0 Å². The van der Waals surface area contributed by atoms with Crippen LogP contribution in [0.2, 0.25) is 0 Å². The van der Waals surface area contributed by atoms with Gasteiger partial charge in [-0.15, -0.1) is 0 Å². The third-order valence-electron chi connectivity index (χ3n) is 2.77. The molecular formula is C12H17BrN2O. The summed E-state index contributed by atoms with van der Waals surface area (Å²) in [4.78, 5) is 2.43. The van der Waals surface area contributed by atoms with E-state index in [1.807, 2.05) is 18.2 Å². The number of hydrogen-bond donors (Lipinski definition) is 1. The lowest BCUT2D eigenvalue weighted by Crippen LogP contribution is -2.25. The van der Waals surface area contributed by atoms with Crippen LogP contribution in [0.15, 0.2) is 22.7 Å². The molecule has 1 saturated heterocycles. The van der Waals surface area contributed by atoms with Crippen LogP contribution >= 0.6 is 15.9 Å². The normalized spacial score (nSPS) is 16.6. The van der Waals surface area contributed by atoms with Crippen molar-refractivity contribution in [2.45, 2.75) is 12.8 Å². The highest BCUT2D eigenvalue weighted by Crippen LogP contribution is 2.22. The predicted molar refractivity (Wildman–Crippen MR) is 69.7 cm³/mol. The lowest BCUT2D eigenvalue weighted by molar-refractivity contribution is 0.238. The smallest absolute Gasteiger partial charge is 0.122 e. The number of halogens is 1. The van der Waals surface area contributed by atoms with Crippen LogP contribution in [0, 0.1) is 0 Å². The molecule has 1 aliphatic rings. The zero-order valence-corrected chi connectivity index (χ0v) is 10.9. The third-order valence-corrected chi connectivity index (χ3v) is 3.23. The fourth-order valence-corrected chi connectivity index (χ4v) is 2.46. The Morgan fingerprint density at radius 3 is 2.69 bits per heavy atom. The minimum absolute atomic E-state index is 0.727. The number of rotatable bonds is 4. The van der Waals surface area contributed by atoms with Crippen molar-refractivity contribution in [2.24, 2.45) is 0 Å². The lowest BCUT2D eigenvalue weighted by atomic mass is 10.3. The summed E-state index contributed by atoms with van der Waals surface area (Å²) in [6, 6.07) is 5.67. The molecule has 4 heteroatoms. The van der Waals surface area contributed by atoms with Crippen LogP contribution in [0.4, 0.5) is 5.69 Å². The first kappa shape index (κ1) is 11.7. The zero-order chi connectivity index (χ0) is 11.4. The van der Waals surface area contributed by atoms with Crippen LogP contribution in [0.1, 0.15) is 12.8 Å². The number of anilines is 1. The minimum atomic E-state index is 0.727. The van der Waals surface area contributed by atoms with Crippen molar-refractivity contribution in [3.63, 3.8) is 0 Å². The Hall–Kier alpha value is -0.740. The summed E-state index contributed by atoms with van der Waals surface area (Å²) in [5, 5.41) is 0. The van der Waals surface area contributed by atoms with E-state index in [4.69, 9.17) is 10.5 Å². The van der Waals surface area contributed by atoms with E-state index >= 15 is 0 Å². The molecule has 1 aromatic rings. The van der Waals surface area contributed by atoms with Crippen molar-refractivity contribution in [3.8, 4) is 5.75 Å². The molecule has 1 fully saturated rings. The molecule has 0 atom stereocenters. The quantitative estimate of drug-likeness (QED) is 0.864. The van der Waals surface area contributed by atoms with Crippen LogP contribution < -0.4 is 10.5 Å². The van der Waals surface area contributed by atoms with Gasteiger partial charge in [-0.3, -0.25) is 4.90 Å². The van der Waals surface area contributed by atoms with Crippen molar-refractivity contribution in [2.75, 3.05) is 32.0 Å². The van der Waals surface area contributed by atoms with Crippen molar-refractivity contribution < 1.29 is 4.74 Å². The first-order chi connectivity index (χ1) is 7.74. The Morgan fingerprint density at radius 2 is 2.00 bits per heavy atom. The second kappa shape index (κ2) is 5.55. The van der Waals surface area contributed by atoms with Gasteiger partial charge in [-0.05, 0) is 38.1 Å². The molecule has 1 heterocycles. The molecule has 0 unspecified atom stereocenters. The predicted octanol–water partition coefficient (Wildman–Crippen LogP) is 2.51. The van der Waals surface area contributed by atoms with Gasteiger partial charge in [0.05, 0.1) is 0 Å². The Kier molecular flexibility index (Phi) is 4.07. The molecule has 88 valence electrons. The van der Waals surface area contributed by atoms with Crippen LogP contribution in [0.3, 0.4) is 0 Å². The number of nitrogens with two attached hydrogens (primary N) is 1. The van der Waals surface area contributed by atoms with E-state index in [1.54, 1.807) is 0 Å². The summed E-state index contributed by atoms with van der Waals surface area (Å²) in [5.41, 5.74) is 6.46. The number of nitrogens with zero attached hydrogens (tertiary/aromatic N) is 1. The number of likely N-dealkylation sites (tertiary alicyclic amines) is 1. The average Bonchev–Trinajstić information content (AvgIpc) is 2.69. The van der Waals surface area contributed by atoms with E-state index in [9.17, 15) is 0 Å². The number of nitrogen functional groups attached to an aromatic ring is 1. The Bertz CT molecular complexity index is 331. The molecule has 0 amide bonds. The van der Waals surface area contributed by atoms with Gasteiger partial charge in [-0.2, -0.15) is 0 Å². The maximum atomic E-state index is 5.73. The zero-order valence-electron chi connectivity index (χ0n) is 9.29. The standard InChI is InChI=1S/C12H17BrN2O/c13-10-7-11(14)9-12(8-10)16-6-5-15-3-1-2-4-15/h7-9H,1-6,14H2. The van der Waals surface area contributed by atoms with E-state index in [0.29, 0.717) is 0 Å². The van der Waals surface area contributed by atoms with Crippen molar-refractivity contribution in [1.82, 2.24) is 4.90 Å². The molecule has 0 spiro atoms. The van der Waals surface area contributed by atoms with E-state index in [2.05, 4.69) is 20.8 Å². The lowest BCUT2D eigenvalue weighted by Gasteiger charge is -2.15. The SMILES string of the molecule is Nc1cc(Br)cc(OCCN2CCCC2)c1. The summed E-state index contributed by atoms with van der Waals surface area (Å²) >= 11 is 3.40. The van der Waals surface area contributed by atoms with Gasteiger partial charge in [0.15, 0.2) is 0 Å². The number of benzene rings is 1. The molecule has 16 heavy (non-hydrogen) atoms. The highest BCUT2D eigenvalue weighted by atomic mass is 79.9. The van der Waals surface area contributed by atoms with Crippen LogP contribution in [0.5, 0.6) is 5.75 Å².